The predicted octanol–water partition coefficient (Wildman–Crippen LogP) is 8.05. The van der Waals surface area contributed by atoms with Gasteiger partial charge >= 0.3 is 0 Å². The Balaban J connectivity index is 1.40. The summed E-state index contributed by atoms with van der Waals surface area (Å²) in [6.07, 6.45) is 1.48. The Bertz CT molecular complexity index is 1900. The highest BCUT2D eigenvalue weighted by molar-refractivity contribution is 9.10. The summed E-state index contributed by atoms with van der Waals surface area (Å²) in [5.74, 6) is -0.951. The first-order chi connectivity index (χ1) is 22.8. The van der Waals surface area contributed by atoms with Crippen molar-refractivity contribution in [2.45, 2.75) is 10.1 Å². The molecule has 0 radical (unpaired) electrons. The van der Waals surface area contributed by atoms with Crippen LogP contribution >= 0.6 is 27.7 Å². The summed E-state index contributed by atoms with van der Waals surface area (Å²) in [6, 6.07) is 36.9. The van der Waals surface area contributed by atoms with Crippen LogP contribution in [0, 0.1) is 0 Å². The third-order valence-corrected chi connectivity index (χ3v) is 8.62. The second-order valence-electron chi connectivity index (χ2n) is 10.2. The van der Waals surface area contributed by atoms with Gasteiger partial charge in [0, 0.05) is 37.9 Å². The minimum absolute atomic E-state index is 0.00744. The summed E-state index contributed by atoms with van der Waals surface area (Å²) >= 11 is 4.76. The van der Waals surface area contributed by atoms with E-state index in [-0.39, 0.29) is 17.4 Å². The summed E-state index contributed by atoms with van der Waals surface area (Å²) in [7, 11) is 1.44. The molecule has 0 aliphatic heterocycles. The number of benzene rings is 5. The molecule has 0 saturated carbocycles. The molecule has 5 rings (SSSR count). The summed E-state index contributed by atoms with van der Waals surface area (Å²) in [6.45, 7) is 0. The number of halogens is 1. The number of thioether (sulfide) groups is 1. The van der Waals surface area contributed by atoms with Crippen LogP contribution in [0.25, 0.3) is 6.08 Å². The van der Waals surface area contributed by atoms with Crippen molar-refractivity contribution in [1.29, 1.82) is 0 Å². The van der Waals surface area contributed by atoms with Gasteiger partial charge in [-0.25, -0.2) is 0 Å². The number of rotatable bonds is 11. The van der Waals surface area contributed by atoms with Crippen LogP contribution in [0.4, 0.5) is 11.4 Å². The molecule has 0 saturated heterocycles. The molecule has 5 aromatic carbocycles. The molecule has 3 amide bonds. The van der Waals surface area contributed by atoms with Gasteiger partial charge in [0.15, 0.2) is 0 Å². The van der Waals surface area contributed by atoms with Gasteiger partial charge in [0.1, 0.15) is 22.4 Å². The highest BCUT2D eigenvalue weighted by atomic mass is 79.9. The van der Waals surface area contributed by atoms with Gasteiger partial charge in [-0.15, -0.1) is 11.8 Å². The highest BCUT2D eigenvalue weighted by Crippen LogP contribution is 2.37. The molecule has 4 N–H and O–H groups in total. The van der Waals surface area contributed by atoms with E-state index >= 15 is 0 Å². The number of phenols is 1. The molecule has 47 heavy (non-hydrogen) atoms. The van der Waals surface area contributed by atoms with Crippen molar-refractivity contribution in [2.24, 2.45) is 0 Å². The van der Waals surface area contributed by atoms with Crippen LogP contribution in [-0.4, -0.2) is 29.9 Å². The van der Waals surface area contributed by atoms with E-state index in [0.29, 0.717) is 28.3 Å². The SMILES string of the molecule is COc1cc(O)ccc1/C=C(/NC(=O)c1ccccc1)C(=O)Nc1cccc(SC(C(=O)Nc2ccc(Br)cc2)c2ccccc2)c1. The lowest BCUT2D eigenvalue weighted by atomic mass is 10.1. The molecule has 1 atom stereocenters. The number of anilines is 2. The van der Waals surface area contributed by atoms with Gasteiger partial charge in [0.2, 0.25) is 5.91 Å². The lowest BCUT2D eigenvalue weighted by Crippen LogP contribution is -2.30. The zero-order valence-corrected chi connectivity index (χ0v) is 27.5. The van der Waals surface area contributed by atoms with E-state index in [1.54, 1.807) is 54.6 Å². The molecular weight excluding hydrogens is 678 g/mol. The normalized spacial score (nSPS) is 11.7. The third kappa shape index (κ3) is 9.12. The number of phenolic OH excluding ortho intramolecular Hbond substituents is 1. The second kappa shape index (κ2) is 15.8. The smallest absolute Gasteiger partial charge is 0.272 e. The second-order valence-corrected chi connectivity index (χ2v) is 12.3. The minimum Gasteiger partial charge on any atom is -0.508 e. The molecule has 0 aliphatic rings. The maximum absolute atomic E-state index is 13.7. The molecule has 0 bridgehead atoms. The van der Waals surface area contributed by atoms with E-state index < -0.39 is 17.1 Å². The van der Waals surface area contributed by atoms with Crippen molar-refractivity contribution in [1.82, 2.24) is 5.32 Å². The zero-order chi connectivity index (χ0) is 33.2. The number of aromatic hydroxyl groups is 1. The number of hydrogen-bond acceptors (Lipinski definition) is 6. The van der Waals surface area contributed by atoms with E-state index in [1.165, 1.54) is 37.1 Å². The Hall–Kier alpha value is -5.32. The molecule has 236 valence electrons. The highest BCUT2D eigenvalue weighted by Gasteiger charge is 2.23. The van der Waals surface area contributed by atoms with Crippen molar-refractivity contribution < 1.29 is 24.2 Å². The number of carbonyl (C=O) groups excluding carboxylic acids is 3. The lowest BCUT2D eigenvalue weighted by molar-refractivity contribution is -0.116. The largest absolute Gasteiger partial charge is 0.508 e. The van der Waals surface area contributed by atoms with Crippen LogP contribution in [0.15, 0.2) is 142 Å². The summed E-state index contributed by atoms with van der Waals surface area (Å²) < 4.78 is 6.28. The van der Waals surface area contributed by atoms with Crippen molar-refractivity contribution in [3.63, 3.8) is 0 Å². The van der Waals surface area contributed by atoms with Crippen molar-refractivity contribution >= 4 is 62.9 Å². The fraction of sp³-hybridized carbons (Fsp3) is 0.0541. The minimum atomic E-state index is -0.589. The van der Waals surface area contributed by atoms with Crippen LogP contribution in [0.1, 0.15) is 26.7 Å². The molecule has 5 aromatic rings. The molecule has 0 aliphatic carbocycles. The standard InChI is InChI=1S/C37H30BrN3O5S/c1-46-33-23-30(42)20-15-26(33)21-32(41-35(43)25-11-6-3-7-12-25)36(44)40-29-13-8-14-31(22-29)47-34(24-9-4-2-5-10-24)37(45)39-28-18-16-27(38)17-19-28/h2-23,34,42H,1H3,(H,39,45)(H,40,44)(H,41,43)/b32-21+. The first-order valence-electron chi connectivity index (χ1n) is 14.4. The predicted molar refractivity (Wildman–Crippen MR) is 189 cm³/mol. The van der Waals surface area contributed by atoms with Crippen LogP contribution in [-0.2, 0) is 9.59 Å². The third-order valence-electron chi connectivity index (χ3n) is 6.84. The Kier molecular flexibility index (Phi) is 11.1. The molecule has 0 aromatic heterocycles. The summed E-state index contributed by atoms with van der Waals surface area (Å²) in [4.78, 5) is 41.0. The number of amides is 3. The van der Waals surface area contributed by atoms with Crippen molar-refractivity contribution in [2.75, 3.05) is 17.7 Å². The number of methoxy groups -OCH3 is 1. The number of hydrogen-bond donors (Lipinski definition) is 4. The molecule has 1 unspecified atom stereocenters. The van der Waals surface area contributed by atoms with Crippen LogP contribution in [0.3, 0.4) is 0 Å². The van der Waals surface area contributed by atoms with E-state index in [4.69, 9.17) is 4.74 Å². The van der Waals surface area contributed by atoms with E-state index in [0.717, 1.165) is 14.9 Å². The van der Waals surface area contributed by atoms with Crippen LogP contribution in [0.2, 0.25) is 0 Å². The fourth-order valence-electron chi connectivity index (χ4n) is 4.54. The van der Waals surface area contributed by atoms with Gasteiger partial charge < -0.3 is 25.8 Å². The monoisotopic (exact) mass is 707 g/mol. The molecule has 8 nitrogen and oxygen atoms in total. The average Bonchev–Trinajstić information content (AvgIpc) is 3.09. The first kappa shape index (κ1) is 33.1. The van der Waals surface area contributed by atoms with Crippen molar-refractivity contribution in [3.8, 4) is 11.5 Å². The Labute approximate surface area is 285 Å². The van der Waals surface area contributed by atoms with Gasteiger partial charge in [0.05, 0.1) is 7.11 Å². The van der Waals surface area contributed by atoms with E-state index in [2.05, 4.69) is 31.9 Å². The van der Waals surface area contributed by atoms with Gasteiger partial charge in [-0.05, 0) is 78.4 Å². The molecule has 0 heterocycles. The summed E-state index contributed by atoms with van der Waals surface area (Å²) in [5.41, 5.74) is 2.74. The van der Waals surface area contributed by atoms with E-state index in [1.807, 2.05) is 60.7 Å². The Morgan fingerprint density at radius 2 is 1.49 bits per heavy atom. The lowest BCUT2D eigenvalue weighted by Gasteiger charge is -2.18. The molecular formula is C37H30BrN3O5S. The number of carbonyl (C=O) groups is 3. The van der Waals surface area contributed by atoms with Gasteiger partial charge in [0.25, 0.3) is 11.8 Å². The van der Waals surface area contributed by atoms with Crippen LogP contribution < -0.4 is 20.7 Å². The fourth-order valence-corrected chi connectivity index (χ4v) is 5.89. The zero-order valence-electron chi connectivity index (χ0n) is 25.1. The topological polar surface area (TPSA) is 117 Å². The number of nitrogens with one attached hydrogen (secondary N) is 3. The van der Waals surface area contributed by atoms with E-state index in [9.17, 15) is 19.5 Å². The number of ether oxygens (including phenoxy) is 1. The van der Waals surface area contributed by atoms with Gasteiger partial charge in [-0.1, -0.05) is 70.5 Å². The maximum atomic E-state index is 13.7. The first-order valence-corrected chi connectivity index (χ1v) is 16.1. The molecule has 10 heteroatoms. The molecule has 0 spiro atoms. The Morgan fingerprint density at radius 3 is 2.19 bits per heavy atom. The maximum Gasteiger partial charge on any atom is 0.272 e. The van der Waals surface area contributed by atoms with Gasteiger partial charge in [-0.2, -0.15) is 0 Å². The summed E-state index contributed by atoms with van der Waals surface area (Å²) in [5, 5.41) is 17.9. The quantitative estimate of drug-likeness (QED) is 0.0816. The van der Waals surface area contributed by atoms with Crippen LogP contribution in [0.5, 0.6) is 11.5 Å². The Morgan fingerprint density at radius 1 is 0.787 bits per heavy atom. The van der Waals surface area contributed by atoms with Crippen molar-refractivity contribution in [3.05, 3.63) is 154 Å². The average molecular weight is 709 g/mol. The van der Waals surface area contributed by atoms with Gasteiger partial charge in [-0.3, -0.25) is 14.4 Å². The molecule has 0 fully saturated rings.